The van der Waals surface area contributed by atoms with E-state index >= 15 is 0 Å². The Balaban J connectivity index is 1.92. The Labute approximate surface area is 179 Å². The summed E-state index contributed by atoms with van der Waals surface area (Å²) in [6, 6.07) is 13.7. The van der Waals surface area contributed by atoms with Crippen LogP contribution in [0.5, 0.6) is 5.75 Å². The van der Waals surface area contributed by atoms with Gasteiger partial charge in [0.1, 0.15) is 5.75 Å². The quantitative estimate of drug-likeness (QED) is 0.696. The van der Waals surface area contributed by atoms with E-state index in [2.05, 4.69) is 55.7 Å². The molecule has 0 spiro atoms. The molecule has 3 rings (SSSR count). The number of methoxy groups -OCH3 is 1. The number of anilines is 2. The lowest BCUT2D eigenvalue weighted by molar-refractivity contribution is -0.121. The van der Waals surface area contributed by atoms with Crippen molar-refractivity contribution in [3.63, 3.8) is 0 Å². The zero-order chi connectivity index (χ0) is 21.9. The van der Waals surface area contributed by atoms with E-state index in [4.69, 9.17) is 4.74 Å². The van der Waals surface area contributed by atoms with Crippen LogP contribution in [0.4, 0.5) is 11.4 Å². The van der Waals surface area contributed by atoms with Gasteiger partial charge in [-0.3, -0.25) is 9.59 Å². The normalized spacial score (nSPS) is 15.5. The molecule has 2 aromatic rings. The monoisotopic (exact) mass is 408 g/mol. The van der Waals surface area contributed by atoms with E-state index in [1.807, 2.05) is 0 Å². The van der Waals surface area contributed by atoms with E-state index in [9.17, 15) is 9.59 Å². The first-order valence-corrected chi connectivity index (χ1v) is 10.5. The average Bonchev–Trinajstić information content (AvgIpc) is 3.18. The first-order chi connectivity index (χ1) is 14.2. The molecule has 0 radical (unpaired) electrons. The van der Waals surface area contributed by atoms with Gasteiger partial charge in [0.25, 0.3) is 0 Å². The lowest BCUT2D eigenvalue weighted by Gasteiger charge is -2.30. The van der Waals surface area contributed by atoms with Gasteiger partial charge in [0, 0.05) is 12.6 Å². The third kappa shape index (κ3) is 4.50. The van der Waals surface area contributed by atoms with Crippen LogP contribution in [-0.4, -0.2) is 18.9 Å². The zero-order valence-corrected chi connectivity index (χ0v) is 18.6. The Kier molecular flexibility index (Phi) is 6.20. The maximum Gasteiger partial charge on any atom is 0.235 e. The van der Waals surface area contributed by atoms with Crippen molar-refractivity contribution in [1.29, 1.82) is 0 Å². The summed E-state index contributed by atoms with van der Waals surface area (Å²) in [6.45, 7) is 8.02. The molecule has 2 aromatic carbocycles. The average molecular weight is 409 g/mol. The van der Waals surface area contributed by atoms with Gasteiger partial charge in [0.15, 0.2) is 0 Å². The van der Waals surface area contributed by atoms with Gasteiger partial charge in [-0.2, -0.15) is 0 Å². The fourth-order valence-corrected chi connectivity index (χ4v) is 4.24. The van der Waals surface area contributed by atoms with Crippen molar-refractivity contribution in [3.8, 4) is 5.75 Å². The molecule has 0 heterocycles. The van der Waals surface area contributed by atoms with Crippen LogP contribution in [0.2, 0.25) is 0 Å². The number of amides is 2. The van der Waals surface area contributed by atoms with Crippen LogP contribution in [0.1, 0.15) is 64.5 Å². The molecule has 0 unspecified atom stereocenters. The number of carbonyl (C=O) groups is 2. The Morgan fingerprint density at radius 2 is 1.60 bits per heavy atom. The Hall–Kier alpha value is -2.82. The third-order valence-electron chi connectivity index (χ3n) is 5.96. The van der Waals surface area contributed by atoms with Crippen molar-refractivity contribution < 1.29 is 14.3 Å². The van der Waals surface area contributed by atoms with Crippen molar-refractivity contribution in [1.82, 2.24) is 0 Å². The summed E-state index contributed by atoms with van der Waals surface area (Å²) in [5.41, 5.74) is 3.01. The predicted molar refractivity (Wildman–Crippen MR) is 121 cm³/mol. The molecule has 2 N–H and O–H groups in total. The molecule has 5 heteroatoms. The molecular weight excluding hydrogens is 376 g/mol. The first kappa shape index (κ1) is 21.9. The van der Waals surface area contributed by atoms with Gasteiger partial charge in [-0.05, 0) is 47.6 Å². The molecule has 0 atom stereocenters. The number of nitrogens with one attached hydrogen (secondary N) is 2. The summed E-state index contributed by atoms with van der Waals surface area (Å²) in [7, 11) is 1.57. The molecule has 0 bridgehead atoms. The third-order valence-corrected chi connectivity index (χ3v) is 5.96. The second-order valence-corrected chi connectivity index (χ2v) is 9.17. The first-order valence-electron chi connectivity index (χ1n) is 10.5. The van der Waals surface area contributed by atoms with Gasteiger partial charge in [0.05, 0.1) is 18.2 Å². The molecule has 1 fully saturated rings. The van der Waals surface area contributed by atoms with E-state index in [0.717, 1.165) is 31.2 Å². The maximum atomic E-state index is 13.6. The largest absolute Gasteiger partial charge is 0.495 e. The van der Waals surface area contributed by atoms with Crippen LogP contribution < -0.4 is 15.4 Å². The predicted octanol–water partition coefficient (Wildman–Crippen LogP) is 5.40. The molecule has 1 saturated carbocycles. The van der Waals surface area contributed by atoms with Crippen LogP contribution >= 0.6 is 0 Å². The molecule has 2 amide bonds. The van der Waals surface area contributed by atoms with E-state index in [1.165, 1.54) is 12.5 Å². The molecule has 0 aromatic heterocycles. The number of hydrogen-bond acceptors (Lipinski definition) is 3. The minimum Gasteiger partial charge on any atom is -0.495 e. The van der Waals surface area contributed by atoms with Gasteiger partial charge in [-0.15, -0.1) is 0 Å². The number of hydrogen-bond donors (Lipinski definition) is 2. The Bertz CT molecular complexity index is 920. The highest BCUT2D eigenvalue weighted by molar-refractivity contribution is 6.01. The molecule has 0 saturated heterocycles. The van der Waals surface area contributed by atoms with Crippen molar-refractivity contribution in [2.24, 2.45) is 0 Å². The Morgan fingerprint density at radius 1 is 0.967 bits per heavy atom. The number of carbonyl (C=O) groups excluding carboxylic acids is 2. The molecule has 5 nitrogen and oxygen atoms in total. The minimum atomic E-state index is -0.550. The van der Waals surface area contributed by atoms with Crippen molar-refractivity contribution in [3.05, 3.63) is 53.6 Å². The maximum absolute atomic E-state index is 13.6. The van der Waals surface area contributed by atoms with Crippen molar-refractivity contribution in [2.75, 3.05) is 17.7 Å². The van der Waals surface area contributed by atoms with Gasteiger partial charge in [-0.1, -0.05) is 57.9 Å². The number of rotatable bonds is 5. The van der Waals surface area contributed by atoms with Gasteiger partial charge >= 0.3 is 0 Å². The molecule has 1 aliphatic rings. The summed E-state index contributed by atoms with van der Waals surface area (Å²) in [4.78, 5) is 25.0. The van der Waals surface area contributed by atoms with Crippen LogP contribution in [0, 0.1) is 0 Å². The minimum absolute atomic E-state index is 0.0261. The SMILES string of the molecule is COc1ccc(NC(C)=O)cc1NC(=O)C1(c2ccc(C(C)(C)C)cc2)CCCC1. The fourth-order valence-electron chi connectivity index (χ4n) is 4.24. The standard InChI is InChI=1S/C25H32N2O3/c1-17(28)26-20-12-13-22(30-5)21(16-20)27-23(29)25(14-6-7-15-25)19-10-8-18(9-11-19)24(2,3)4/h8-13,16H,6-7,14-15H2,1-5H3,(H,26,28)(H,27,29). The summed E-state index contributed by atoms with van der Waals surface area (Å²) in [5.74, 6) is 0.374. The Morgan fingerprint density at radius 3 is 2.13 bits per heavy atom. The van der Waals surface area contributed by atoms with E-state index in [-0.39, 0.29) is 17.2 Å². The van der Waals surface area contributed by atoms with Gasteiger partial charge in [0.2, 0.25) is 11.8 Å². The topological polar surface area (TPSA) is 67.4 Å². The highest BCUT2D eigenvalue weighted by Crippen LogP contribution is 2.43. The van der Waals surface area contributed by atoms with Crippen molar-refractivity contribution in [2.45, 2.75) is 64.2 Å². The lowest BCUT2D eigenvalue weighted by Crippen LogP contribution is -2.38. The van der Waals surface area contributed by atoms with Crippen LogP contribution in [-0.2, 0) is 20.4 Å². The van der Waals surface area contributed by atoms with Crippen LogP contribution in [0.15, 0.2) is 42.5 Å². The van der Waals surface area contributed by atoms with Gasteiger partial charge < -0.3 is 15.4 Å². The molecule has 0 aliphatic heterocycles. The highest BCUT2D eigenvalue weighted by Gasteiger charge is 2.43. The summed E-state index contributed by atoms with van der Waals surface area (Å²) in [6.07, 6.45) is 3.69. The van der Waals surface area contributed by atoms with Gasteiger partial charge in [-0.25, -0.2) is 0 Å². The summed E-state index contributed by atoms with van der Waals surface area (Å²) >= 11 is 0. The van der Waals surface area contributed by atoms with Crippen molar-refractivity contribution >= 4 is 23.2 Å². The molecule has 160 valence electrons. The molecule has 1 aliphatic carbocycles. The number of ether oxygens (including phenoxy) is 1. The second-order valence-electron chi connectivity index (χ2n) is 9.17. The number of benzene rings is 2. The summed E-state index contributed by atoms with van der Waals surface area (Å²) in [5, 5.41) is 5.84. The molecule has 30 heavy (non-hydrogen) atoms. The van der Waals surface area contributed by atoms with E-state index in [1.54, 1.807) is 25.3 Å². The summed E-state index contributed by atoms with van der Waals surface area (Å²) < 4.78 is 5.43. The molecular formula is C25H32N2O3. The smallest absolute Gasteiger partial charge is 0.235 e. The zero-order valence-electron chi connectivity index (χ0n) is 18.6. The second kappa shape index (κ2) is 8.50. The van der Waals surface area contributed by atoms with E-state index < -0.39 is 5.41 Å². The van der Waals surface area contributed by atoms with Crippen LogP contribution in [0.3, 0.4) is 0 Å². The highest BCUT2D eigenvalue weighted by atomic mass is 16.5. The van der Waals surface area contributed by atoms with E-state index in [0.29, 0.717) is 17.1 Å². The van der Waals surface area contributed by atoms with Crippen LogP contribution in [0.25, 0.3) is 0 Å². The fraction of sp³-hybridized carbons (Fsp3) is 0.440. The lowest BCUT2D eigenvalue weighted by atomic mass is 9.76.